The molecule has 3 N–H and O–H groups in total. The molecule has 7 heteroatoms. The van der Waals surface area contributed by atoms with Crippen molar-refractivity contribution in [3.05, 3.63) is 48.1 Å². The molecule has 7 nitrogen and oxygen atoms in total. The molecular formula is C24H37N3O4. The highest BCUT2D eigenvalue weighted by atomic mass is 16.4. The Balaban J connectivity index is 2.89. The third-order valence-electron chi connectivity index (χ3n) is 4.54. The van der Waals surface area contributed by atoms with Crippen LogP contribution in [0.3, 0.4) is 0 Å². The number of amides is 2. The zero-order chi connectivity index (χ0) is 23.3. The predicted molar refractivity (Wildman–Crippen MR) is 124 cm³/mol. The molecule has 0 saturated carbocycles. The summed E-state index contributed by atoms with van der Waals surface area (Å²) in [6.45, 7) is 9.03. The average Bonchev–Trinajstić information content (AvgIpc) is 2.65. The first-order chi connectivity index (χ1) is 14.6. The lowest BCUT2D eigenvalue weighted by molar-refractivity contribution is -0.138. The molecule has 2 amide bonds. The number of carbonyl (C=O) groups excluding carboxylic acids is 2. The average molecular weight is 432 g/mol. The maximum absolute atomic E-state index is 13.3. The van der Waals surface area contributed by atoms with Crippen LogP contribution < -0.4 is 10.6 Å². The van der Waals surface area contributed by atoms with Crippen LogP contribution in [0.5, 0.6) is 0 Å². The van der Waals surface area contributed by atoms with Gasteiger partial charge in [-0.05, 0) is 45.8 Å². The van der Waals surface area contributed by atoms with E-state index in [1.54, 1.807) is 29.2 Å². The third kappa shape index (κ3) is 11.3. The number of unbranched alkanes of at least 4 members (excludes halogenated alkanes) is 1. The fourth-order valence-corrected chi connectivity index (χ4v) is 3.06. The number of nitrogens with one attached hydrogen (secondary N) is 2. The van der Waals surface area contributed by atoms with Gasteiger partial charge in [0.15, 0.2) is 0 Å². The maximum atomic E-state index is 13.3. The van der Waals surface area contributed by atoms with Gasteiger partial charge >= 0.3 is 5.97 Å². The van der Waals surface area contributed by atoms with E-state index in [-0.39, 0.29) is 30.3 Å². The molecule has 172 valence electrons. The summed E-state index contributed by atoms with van der Waals surface area (Å²) < 4.78 is 0. The van der Waals surface area contributed by atoms with E-state index >= 15 is 0 Å². The van der Waals surface area contributed by atoms with E-state index < -0.39 is 12.0 Å². The molecule has 1 aliphatic rings. The second-order valence-electron chi connectivity index (χ2n) is 8.58. The van der Waals surface area contributed by atoms with Crippen molar-refractivity contribution in [3.63, 3.8) is 0 Å². The smallest absolute Gasteiger partial charge is 0.303 e. The molecular weight excluding hydrogens is 394 g/mol. The highest BCUT2D eigenvalue weighted by molar-refractivity contribution is 5.97. The minimum atomic E-state index is -0.871. The van der Waals surface area contributed by atoms with E-state index in [1.807, 2.05) is 45.9 Å². The molecule has 0 aromatic heterocycles. The first-order valence-corrected chi connectivity index (χ1v) is 10.9. The van der Waals surface area contributed by atoms with Crippen LogP contribution in [-0.4, -0.2) is 59.0 Å². The lowest BCUT2D eigenvalue weighted by atomic mass is 10.1. The van der Waals surface area contributed by atoms with Crippen molar-refractivity contribution >= 4 is 17.8 Å². The summed E-state index contributed by atoms with van der Waals surface area (Å²) in [5.74, 6) is -1.25. The lowest BCUT2D eigenvalue weighted by Gasteiger charge is -2.32. The van der Waals surface area contributed by atoms with Gasteiger partial charge in [-0.1, -0.05) is 43.7 Å². The van der Waals surface area contributed by atoms with Crippen molar-refractivity contribution in [2.75, 3.05) is 19.6 Å². The topological polar surface area (TPSA) is 98.7 Å². The van der Waals surface area contributed by atoms with Crippen molar-refractivity contribution in [1.82, 2.24) is 15.5 Å². The van der Waals surface area contributed by atoms with Crippen LogP contribution in [-0.2, 0) is 14.4 Å². The second-order valence-corrected chi connectivity index (χ2v) is 8.58. The third-order valence-corrected chi connectivity index (χ3v) is 4.54. The van der Waals surface area contributed by atoms with Gasteiger partial charge in [0.05, 0.1) is 0 Å². The Bertz CT molecular complexity index is 730. The van der Waals surface area contributed by atoms with E-state index in [2.05, 4.69) is 10.6 Å². The van der Waals surface area contributed by atoms with Crippen LogP contribution in [0.2, 0.25) is 0 Å². The Hall–Kier alpha value is -2.67. The van der Waals surface area contributed by atoms with Gasteiger partial charge in [-0.15, -0.1) is 0 Å². The molecule has 0 bridgehead atoms. The normalized spacial score (nSPS) is 16.5. The lowest BCUT2D eigenvalue weighted by Crippen LogP contribution is -2.57. The first-order valence-electron chi connectivity index (χ1n) is 10.9. The van der Waals surface area contributed by atoms with E-state index in [9.17, 15) is 14.4 Å². The number of hydrogen-bond acceptors (Lipinski definition) is 4. The molecule has 0 radical (unpaired) electrons. The number of rotatable bonds is 12. The zero-order valence-corrected chi connectivity index (χ0v) is 19.2. The van der Waals surface area contributed by atoms with Crippen LogP contribution >= 0.6 is 0 Å². The molecule has 1 rings (SSSR count). The Kier molecular flexibility index (Phi) is 11.6. The summed E-state index contributed by atoms with van der Waals surface area (Å²) in [5.41, 5.74) is 0.169. The van der Waals surface area contributed by atoms with E-state index in [0.717, 1.165) is 12.8 Å². The number of carbonyl (C=O) groups is 3. The molecule has 0 fully saturated rings. The van der Waals surface area contributed by atoms with Crippen molar-refractivity contribution in [2.45, 2.75) is 65.0 Å². The number of hydrogen-bond donors (Lipinski definition) is 3. The molecule has 1 atom stereocenters. The summed E-state index contributed by atoms with van der Waals surface area (Å²) in [5, 5.41) is 15.1. The van der Waals surface area contributed by atoms with Gasteiger partial charge in [0.1, 0.15) is 6.04 Å². The van der Waals surface area contributed by atoms with E-state index in [0.29, 0.717) is 25.1 Å². The molecule has 0 aliphatic heterocycles. The molecule has 1 aliphatic carbocycles. The fraction of sp³-hybridized carbons (Fsp3) is 0.542. The molecule has 0 heterocycles. The first kappa shape index (κ1) is 26.4. The van der Waals surface area contributed by atoms with Gasteiger partial charge < -0.3 is 15.3 Å². The van der Waals surface area contributed by atoms with Gasteiger partial charge in [-0.25, -0.2) is 0 Å². The molecule has 1 unspecified atom stereocenters. The monoisotopic (exact) mass is 431 g/mol. The Morgan fingerprint density at radius 2 is 1.68 bits per heavy atom. The number of carboxylic acids is 1. The summed E-state index contributed by atoms with van der Waals surface area (Å²) >= 11 is 0. The van der Waals surface area contributed by atoms with Gasteiger partial charge in [0, 0.05) is 37.2 Å². The number of aliphatic carboxylic acids is 1. The molecule has 0 spiro atoms. The summed E-state index contributed by atoms with van der Waals surface area (Å²) in [7, 11) is 0. The van der Waals surface area contributed by atoms with Crippen molar-refractivity contribution in [2.24, 2.45) is 0 Å². The van der Waals surface area contributed by atoms with Crippen molar-refractivity contribution < 1.29 is 19.5 Å². The number of allylic oxidation sites excluding steroid dienone is 6. The summed E-state index contributed by atoms with van der Waals surface area (Å²) in [6, 6.07) is -0.612. The number of nitrogens with zero attached hydrogens (tertiary/aromatic N) is 1. The van der Waals surface area contributed by atoms with Crippen LogP contribution in [0.25, 0.3) is 0 Å². The largest absolute Gasteiger partial charge is 0.481 e. The molecule has 0 aromatic rings. The Morgan fingerprint density at radius 3 is 2.32 bits per heavy atom. The van der Waals surface area contributed by atoms with E-state index in [1.165, 1.54) is 0 Å². The standard InChI is InChI=1S/C24H37N3O4/c1-5-6-16-27(17-12-15-21(28)29)23(31)20(26-24(2,3)4)18-25-22(30)19-13-10-8-7-9-11-14-19/h7-11,13-14,20,26H,5-6,12,15-18H2,1-4H3,(H,25,30)(H,28,29)/b8-7-,9-7?,10-8?,11-9-,13-10?,14-11?,19-13?,19-14?. The minimum Gasteiger partial charge on any atom is -0.481 e. The highest BCUT2D eigenvalue weighted by Gasteiger charge is 2.28. The van der Waals surface area contributed by atoms with Gasteiger partial charge in [0.2, 0.25) is 5.91 Å². The highest BCUT2D eigenvalue weighted by Crippen LogP contribution is 2.08. The van der Waals surface area contributed by atoms with Gasteiger partial charge in [-0.2, -0.15) is 0 Å². The molecule has 0 aromatic carbocycles. The second kappa shape index (κ2) is 13.6. The van der Waals surface area contributed by atoms with Gasteiger partial charge in [0.25, 0.3) is 5.91 Å². The van der Waals surface area contributed by atoms with Crippen molar-refractivity contribution in [3.8, 4) is 0 Å². The summed E-state index contributed by atoms with van der Waals surface area (Å²) in [6.07, 6.45) is 14.8. The SMILES string of the molecule is CCCCN(CCCC(=O)O)C(=O)C(CNC(=O)C1=C/C=C\C=C/C=C1)NC(C)(C)C. The van der Waals surface area contributed by atoms with Crippen LogP contribution in [0.15, 0.2) is 48.1 Å². The Labute approximate surface area is 186 Å². The van der Waals surface area contributed by atoms with Crippen LogP contribution in [0, 0.1) is 0 Å². The minimum absolute atomic E-state index is 0.0203. The summed E-state index contributed by atoms with van der Waals surface area (Å²) in [4.78, 5) is 38.5. The van der Waals surface area contributed by atoms with Gasteiger partial charge in [-0.3, -0.25) is 19.7 Å². The predicted octanol–water partition coefficient (Wildman–Crippen LogP) is 2.96. The molecule has 31 heavy (non-hydrogen) atoms. The number of carboxylic acid groups (broad SMARTS) is 1. The Morgan fingerprint density at radius 1 is 1.03 bits per heavy atom. The zero-order valence-electron chi connectivity index (χ0n) is 19.2. The fourth-order valence-electron chi connectivity index (χ4n) is 3.06. The van der Waals surface area contributed by atoms with E-state index in [4.69, 9.17) is 5.11 Å². The van der Waals surface area contributed by atoms with Crippen molar-refractivity contribution in [1.29, 1.82) is 0 Å². The quantitative estimate of drug-likeness (QED) is 0.441. The maximum Gasteiger partial charge on any atom is 0.303 e. The molecule has 0 saturated heterocycles. The van der Waals surface area contributed by atoms with Crippen LogP contribution in [0.4, 0.5) is 0 Å². The van der Waals surface area contributed by atoms with Crippen LogP contribution in [0.1, 0.15) is 53.4 Å².